The van der Waals surface area contributed by atoms with Crippen molar-refractivity contribution in [2.75, 3.05) is 14.2 Å². The van der Waals surface area contributed by atoms with Crippen LogP contribution in [0.25, 0.3) is 0 Å². The van der Waals surface area contributed by atoms with Gasteiger partial charge in [0.25, 0.3) is 5.91 Å². The third kappa shape index (κ3) is 3.90. The van der Waals surface area contributed by atoms with Gasteiger partial charge in [0.1, 0.15) is 5.75 Å². The highest BCUT2D eigenvalue weighted by Crippen LogP contribution is 2.25. The molecule has 4 heteroatoms. The van der Waals surface area contributed by atoms with Crippen LogP contribution in [0.5, 0.6) is 5.75 Å². The van der Waals surface area contributed by atoms with Crippen LogP contribution in [0.1, 0.15) is 28.4 Å². The van der Waals surface area contributed by atoms with Crippen molar-refractivity contribution in [3.8, 4) is 5.75 Å². The van der Waals surface area contributed by atoms with Crippen molar-refractivity contribution < 1.29 is 14.6 Å². The number of rotatable bonds is 5. The summed E-state index contributed by atoms with van der Waals surface area (Å²) in [4.78, 5) is 13.9. The second kappa shape index (κ2) is 7.29. The number of ether oxygens (including phenoxy) is 1. The molecule has 0 fully saturated rings. The molecule has 0 heterocycles. The van der Waals surface area contributed by atoms with Crippen LogP contribution in [0.3, 0.4) is 0 Å². The first kappa shape index (κ1) is 17.0. The van der Waals surface area contributed by atoms with Crippen LogP contribution in [0.15, 0.2) is 42.5 Å². The summed E-state index contributed by atoms with van der Waals surface area (Å²) in [7, 11) is 3.35. The fourth-order valence-electron chi connectivity index (χ4n) is 2.79. The lowest BCUT2D eigenvalue weighted by atomic mass is 10.0. The number of carbonyl (C=O) groups excluding carboxylic acids is 1. The van der Waals surface area contributed by atoms with Gasteiger partial charge < -0.3 is 14.7 Å². The molecule has 0 aliphatic heterocycles. The summed E-state index contributed by atoms with van der Waals surface area (Å²) in [5, 5.41) is 10.2. The average Bonchev–Trinajstić information content (AvgIpc) is 2.54. The average molecular weight is 313 g/mol. The van der Waals surface area contributed by atoms with Crippen LogP contribution in [-0.4, -0.2) is 30.1 Å². The molecule has 0 aliphatic carbocycles. The van der Waals surface area contributed by atoms with Gasteiger partial charge in [-0.2, -0.15) is 0 Å². The van der Waals surface area contributed by atoms with Gasteiger partial charge in [0.2, 0.25) is 0 Å². The molecule has 1 unspecified atom stereocenters. The van der Waals surface area contributed by atoms with E-state index < -0.39 is 6.10 Å². The second-order valence-electron chi connectivity index (χ2n) is 5.77. The number of aliphatic hydroxyl groups excluding tert-OH is 1. The molecule has 122 valence electrons. The molecule has 4 nitrogen and oxygen atoms in total. The fraction of sp³-hybridized carbons (Fsp3) is 0.316. The highest BCUT2D eigenvalue weighted by molar-refractivity contribution is 5.81. The Labute approximate surface area is 137 Å². The monoisotopic (exact) mass is 313 g/mol. The number of nitrogens with zero attached hydrogens (tertiary/aromatic N) is 1. The van der Waals surface area contributed by atoms with Crippen molar-refractivity contribution in [3.63, 3.8) is 0 Å². The van der Waals surface area contributed by atoms with Gasteiger partial charge in [-0.25, -0.2) is 0 Å². The van der Waals surface area contributed by atoms with E-state index >= 15 is 0 Å². The lowest BCUT2D eigenvalue weighted by molar-refractivity contribution is -0.139. The molecule has 2 rings (SSSR count). The molecule has 0 aliphatic rings. The Morgan fingerprint density at radius 2 is 1.74 bits per heavy atom. The second-order valence-corrected chi connectivity index (χ2v) is 5.77. The Hall–Kier alpha value is -2.33. The van der Waals surface area contributed by atoms with Crippen molar-refractivity contribution in [1.29, 1.82) is 0 Å². The van der Waals surface area contributed by atoms with Crippen molar-refractivity contribution in [2.45, 2.75) is 26.5 Å². The van der Waals surface area contributed by atoms with Crippen LogP contribution >= 0.6 is 0 Å². The number of hydrogen-bond donors (Lipinski definition) is 1. The number of hydrogen-bond acceptors (Lipinski definition) is 3. The smallest absolute Gasteiger partial charge is 0.256 e. The van der Waals surface area contributed by atoms with E-state index in [0.29, 0.717) is 12.1 Å². The SMILES string of the molecule is COc1c(C)cc(CN(C)C(=O)C(O)c2ccccc2)cc1C. The van der Waals surface area contributed by atoms with E-state index in [1.54, 1.807) is 31.2 Å². The zero-order chi connectivity index (χ0) is 17.0. The van der Waals surface area contributed by atoms with E-state index in [1.807, 2.05) is 44.2 Å². The summed E-state index contributed by atoms with van der Waals surface area (Å²) < 4.78 is 5.36. The van der Waals surface area contributed by atoms with Gasteiger partial charge in [-0.15, -0.1) is 0 Å². The topological polar surface area (TPSA) is 49.8 Å². The zero-order valence-corrected chi connectivity index (χ0v) is 14.0. The van der Waals surface area contributed by atoms with Crippen LogP contribution in [-0.2, 0) is 11.3 Å². The summed E-state index contributed by atoms with van der Waals surface area (Å²) >= 11 is 0. The lowest BCUT2D eigenvalue weighted by Gasteiger charge is -2.22. The summed E-state index contributed by atoms with van der Waals surface area (Å²) in [6.07, 6.45) is -1.14. The molecule has 2 aromatic rings. The first-order valence-corrected chi connectivity index (χ1v) is 7.56. The molecule has 23 heavy (non-hydrogen) atoms. The van der Waals surface area contributed by atoms with E-state index in [-0.39, 0.29) is 5.91 Å². The molecule has 0 radical (unpaired) electrons. The molecule has 0 aromatic heterocycles. The number of likely N-dealkylation sites (N-methyl/N-ethyl adjacent to an activating group) is 1. The van der Waals surface area contributed by atoms with E-state index in [9.17, 15) is 9.90 Å². The molecule has 0 saturated heterocycles. The molecule has 0 bridgehead atoms. The molecular formula is C19H23NO3. The van der Waals surface area contributed by atoms with Gasteiger partial charge >= 0.3 is 0 Å². The standard InChI is InChI=1S/C19H23NO3/c1-13-10-15(11-14(2)18(13)23-4)12-20(3)19(22)17(21)16-8-6-5-7-9-16/h5-11,17,21H,12H2,1-4H3. The van der Waals surface area contributed by atoms with Crippen LogP contribution in [0.2, 0.25) is 0 Å². The van der Waals surface area contributed by atoms with Crippen LogP contribution in [0, 0.1) is 13.8 Å². The summed E-state index contributed by atoms with van der Waals surface area (Å²) in [5.74, 6) is 0.550. The van der Waals surface area contributed by atoms with Crippen molar-refractivity contribution in [1.82, 2.24) is 4.90 Å². The number of benzene rings is 2. The molecule has 0 saturated carbocycles. The van der Waals surface area contributed by atoms with Crippen LogP contribution < -0.4 is 4.74 Å². The predicted octanol–water partition coefficient (Wildman–Crippen LogP) is 3.00. The number of aryl methyl sites for hydroxylation is 2. The van der Waals surface area contributed by atoms with Gasteiger partial charge in [0.05, 0.1) is 7.11 Å². The molecular weight excluding hydrogens is 290 g/mol. The Kier molecular flexibility index (Phi) is 5.40. The highest BCUT2D eigenvalue weighted by Gasteiger charge is 2.21. The van der Waals surface area contributed by atoms with E-state index in [1.165, 1.54) is 0 Å². The minimum absolute atomic E-state index is 0.317. The number of aliphatic hydroxyl groups is 1. The van der Waals surface area contributed by atoms with Gasteiger partial charge in [-0.3, -0.25) is 4.79 Å². The van der Waals surface area contributed by atoms with Crippen LogP contribution in [0.4, 0.5) is 0 Å². The first-order valence-electron chi connectivity index (χ1n) is 7.56. The molecule has 0 spiro atoms. The Bertz CT molecular complexity index is 659. The summed E-state index contributed by atoms with van der Waals surface area (Å²) in [6, 6.07) is 13.0. The Morgan fingerprint density at radius 3 is 2.26 bits per heavy atom. The minimum atomic E-state index is -1.14. The van der Waals surface area contributed by atoms with Gasteiger partial charge in [0, 0.05) is 13.6 Å². The predicted molar refractivity (Wildman–Crippen MR) is 90.3 cm³/mol. The number of methoxy groups -OCH3 is 1. The molecule has 1 N–H and O–H groups in total. The molecule has 1 atom stereocenters. The van der Waals surface area contributed by atoms with Gasteiger partial charge in [-0.1, -0.05) is 42.5 Å². The summed E-state index contributed by atoms with van der Waals surface area (Å²) in [5.41, 5.74) is 3.68. The zero-order valence-electron chi connectivity index (χ0n) is 14.0. The maximum absolute atomic E-state index is 12.4. The van der Waals surface area contributed by atoms with Crippen molar-refractivity contribution >= 4 is 5.91 Å². The molecule has 1 amide bonds. The largest absolute Gasteiger partial charge is 0.496 e. The molecule has 2 aromatic carbocycles. The third-order valence-electron chi connectivity index (χ3n) is 3.87. The quantitative estimate of drug-likeness (QED) is 0.923. The maximum Gasteiger partial charge on any atom is 0.256 e. The van der Waals surface area contributed by atoms with Gasteiger partial charge in [0.15, 0.2) is 6.10 Å². The minimum Gasteiger partial charge on any atom is -0.496 e. The summed E-state index contributed by atoms with van der Waals surface area (Å²) in [6.45, 7) is 4.40. The van der Waals surface area contributed by atoms with E-state index in [4.69, 9.17) is 4.74 Å². The van der Waals surface area contributed by atoms with Crippen molar-refractivity contribution in [2.24, 2.45) is 0 Å². The Balaban J connectivity index is 2.12. The third-order valence-corrected chi connectivity index (χ3v) is 3.87. The number of amides is 1. The fourth-order valence-corrected chi connectivity index (χ4v) is 2.79. The van der Waals surface area contributed by atoms with E-state index in [2.05, 4.69) is 0 Å². The lowest BCUT2D eigenvalue weighted by Crippen LogP contribution is -2.31. The Morgan fingerprint density at radius 1 is 1.17 bits per heavy atom. The van der Waals surface area contributed by atoms with Gasteiger partial charge in [-0.05, 0) is 36.1 Å². The normalized spacial score (nSPS) is 11.9. The van der Waals surface area contributed by atoms with E-state index in [0.717, 1.165) is 22.4 Å². The first-order chi connectivity index (χ1) is 10.9. The maximum atomic E-state index is 12.4. The number of carbonyl (C=O) groups is 1. The highest BCUT2D eigenvalue weighted by atomic mass is 16.5. The van der Waals surface area contributed by atoms with Crippen molar-refractivity contribution in [3.05, 3.63) is 64.7 Å².